The second-order valence-corrected chi connectivity index (χ2v) is 12.0. The SMILES string of the molecule is C[C@@H](O[C@H]1CCN(C(=O)C(C)(C)NC(=O)OC(C)(C)C)C[C@H]1c1ccccc1)c1cc(C(F)(F)F)cc(C(F)(F)F)c1. The van der Waals surface area contributed by atoms with Gasteiger partial charge in [-0.1, -0.05) is 30.3 Å². The number of benzene rings is 2. The number of piperidine rings is 1. The molecule has 1 aliphatic rings. The summed E-state index contributed by atoms with van der Waals surface area (Å²) in [5.41, 5.74) is -4.40. The van der Waals surface area contributed by atoms with E-state index in [1.165, 1.54) is 6.92 Å². The van der Waals surface area contributed by atoms with Crippen molar-refractivity contribution in [2.24, 2.45) is 0 Å². The van der Waals surface area contributed by atoms with Gasteiger partial charge in [0.15, 0.2) is 0 Å². The summed E-state index contributed by atoms with van der Waals surface area (Å²) in [5, 5.41) is 2.60. The van der Waals surface area contributed by atoms with Gasteiger partial charge in [-0.2, -0.15) is 26.3 Å². The van der Waals surface area contributed by atoms with Crippen molar-refractivity contribution in [1.82, 2.24) is 10.2 Å². The van der Waals surface area contributed by atoms with Gasteiger partial charge in [0.2, 0.25) is 5.91 Å². The molecule has 1 N–H and O–H groups in total. The summed E-state index contributed by atoms with van der Waals surface area (Å²) in [6.45, 7) is 9.93. The van der Waals surface area contributed by atoms with Gasteiger partial charge in [-0.05, 0) is 77.3 Å². The third kappa shape index (κ3) is 8.62. The van der Waals surface area contributed by atoms with E-state index in [-0.39, 0.29) is 37.0 Å². The highest BCUT2D eigenvalue weighted by Gasteiger charge is 2.41. The molecule has 0 aromatic heterocycles. The molecule has 0 radical (unpaired) electrons. The Bertz CT molecular complexity index is 1220. The number of carbonyl (C=O) groups is 2. The van der Waals surface area contributed by atoms with Crippen molar-refractivity contribution < 1.29 is 45.4 Å². The number of nitrogens with one attached hydrogen (secondary N) is 1. The molecule has 3 atom stereocenters. The van der Waals surface area contributed by atoms with Crippen LogP contribution in [-0.4, -0.2) is 47.2 Å². The predicted molar refractivity (Wildman–Crippen MR) is 144 cm³/mol. The van der Waals surface area contributed by atoms with E-state index in [1.54, 1.807) is 57.7 Å². The van der Waals surface area contributed by atoms with Crippen LogP contribution in [0.1, 0.15) is 82.2 Å². The Morgan fingerprint density at radius 2 is 1.45 bits per heavy atom. The van der Waals surface area contributed by atoms with E-state index in [2.05, 4.69) is 5.32 Å². The molecular formula is C30H36F6N2O4. The molecule has 0 aliphatic carbocycles. The van der Waals surface area contributed by atoms with Gasteiger partial charge in [-0.15, -0.1) is 0 Å². The minimum Gasteiger partial charge on any atom is -0.444 e. The summed E-state index contributed by atoms with van der Waals surface area (Å²) in [6.07, 6.45) is -12.2. The molecule has 42 heavy (non-hydrogen) atoms. The van der Waals surface area contributed by atoms with Crippen LogP contribution in [0.25, 0.3) is 0 Å². The van der Waals surface area contributed by atoms with E-state index in [0.29, 0.717) is 12.1 Å². The Balaban J connectivity index is 1.86. The molecule has 0 unspecified atom stereocenters. The standard InChI is InChI=1S/C30H36F6N2O4/c1-18(20-14-21(29(31,32)33)16-22(15-20)30(34,35)36)41-24-12-13-38(17-23(24)19-10-8-7-9-11-19)25(39)28(5,6)37-26(40)42-27(2,3)4/h7-11,14-16,18,23-24H,12-13,17H2,1-6H3,(H,37,40)/t18-,23+,24+/m1/s1. The summed E-state index contributed by atoms with van der Waals surface area (Å²) in [4.78, 5) is 27.4. The van der Waals surface area contributed by atoms with Crippen LogP contribution < -0.4 is 5.32 Å². The third-order valence-electron chi connectivity index (χ3n) is 6.87. The molecule has 2 aromatic rings. The maximum atomic E-state index is 13.5. The van der Waals surface area contributed by atoms with Crippen molar-refractivity contribution in [3.05, 3.63) is 70.8 Å². The summed E-state index contributed by atoms with van der Waals surface area (Å²) in [6, 6.07) is 10.4. The number of nitrogens with zero attached hydrogens (tertiary/aromatic N) is 1. The Morgan fingerprint density at radius 3 is 1.95 bits per heavy atom. The van der Waals surface area contributed by atoms with E-state index in [1.807, 2.05) is 12.1 Å². The first-order valence-corrected chi connectivity index (χ1v) is 13.5. The van der Waals surface area contributed by atoms with Crippen molar-refractivity contribution >= 4 is 12.0 Å². The first-order chi connectivity index (χ1) is 19.2. The van der Waals surface area contributed by atoms with Crippen LogP contribution in [0.2, 0.25) is 0 Å². The summed E-state index contributed by atoms with van der Waals surface area (Å²) in [5.74, 6) is -0.829. The molecular weight excluding hydrogens is 566 g/mol. The number of likely N-dealkylation sites (tertiary alicyclic amines) is 1. The molecule has 232 valence electrons. The Kier molecular flexibility index (Phi) is 9.61. The van der Waals surface area contributed by atoms with Crippen LogP contribution in [-0.2, 0) is 26.6 Å². The van der Waals surface area contributed by atoms with Gasteiger partial charge in [0.05, 0.1) is 23.3 Å². The fourth-order valence-corrected chi connectivity index (χ4v) is 4.86. The van der Waals surface area contributed by atoms with E-state index >= 15 is 0 Å². The number of amides is 2. The number of alkyl carbamates (subject to hydrolysis) is 1. The second kappa shape index (κ2) is 12.1. The van der Waals surface area contributed by atoms with Crippen LogP contribution in [0.4, 0.5) is 31.1 Å². The molecule has 2 aromatic carbocycles. The largest absolute Gasteiger partial charge is 0.444 e. The summed E-state index contributed by atoms with van der Waals surface area (Å²) < 4.78 is 92.1. The normalized spacial score (nSPS) is 19.3. The Labute approximate surface area is 241 Å². The minimum atomic E-state index is -4.98. The fourth-order valence-electron chi connectivity index (χ4n) is 4.86. The lowest BCUT2D eigenvalue weighted by Gasteiger charge is -2.42. The zero-order valence-corrected chi connectivity index (χ0v) is 24.3. The van der Waals surface area contributed by atoms with Crippen molar-refractivity contribution in [2.75, 3.05) is 13.1 Å². The van der Waals surface area contributed by atoms with Gasteiger partial charge in [-0.25, -0.2) is 4.79 Å². The molecule has 12 heteroatoms. The molecule has 1 saturated heterocycles. The highest BCUT2D eigenvalue weighted by molar-refractivity contribution is 5.89. The number of alkyl halides is 6. The maximum absolute atomic E-state index is 13.5. The fraction of sp³-hybridized carbons (Fsp3) is 0.533. The molecule has 1 fully saturated rings. The highest BCUT2D eigenvalue weighted by atomic mass is 19.4. The molecule has 3 rings (SSSR count). The number of hydrogen-bond acceptors (Lipinski definition) is 4. The Morgan fingerprint density at radius 1 is 0.905 bits per heavy atom. The number of carbonyl (C=O) groups excluding carboxylic acids is 2. The average molecular weight is 603 g/mol. The lowest BCUT2D eigenvalue weighted by molar-refractivity contribution is -0.143. The quantitative estimate of drug-likeness (QED) is 0.348. The first kappa shape index (κ1) is 33.2. The molecule has 2 amide bonds. The van der Waals surface area contributed by atoms with Gasteiger partial charge >= 0.3 is 18.4 Å². The van der Waals surface area contributed by atoms with Crippen LogP contribution in [0.5, 0.6) is 0 Å². The molecule has 1 heterocycles. The highest BCUT2D eigenvalue weighted by Crippen LogP contribution is 2.39. The molecule has 0 bridgehead atoms. The topological polar surface area (TPSA) is 67.9 Å². The van der Waals surface area contributed by atoms with Gasteiger partial charge in [0, 0.05) is 19.0 Å². The van der Waals surface area contributed by atoms with Crippen molar-refractivity contribution in [3.8, 4) is 0 Å². The van der Waals surface area contributed by atoms with E-state index in [4.69, 9.17) is 9.47 Å². The molecule has 6 nitrogen and oxygen atoms in total. The number of halogens is 6. The van der Waals surface area contributed by atoms with Gasteiger partial charge < -0.3 is 19.7 Å². The molecule has 0 spiro atoms. The van der Waals surface area contributed by atoms with E-state index in [9.17, 15) is 35.9 Å². The first-order valence-electron chi connectivity index (χ1n) is 13.5. The predicted octanol–water partition coefficient (Wildman–Crippen LogP) is 7.49. The average Bonchev–Trinajstić information content (AvgIpc) is 2.86. The van der Waals surface area contributed by atoms with Crippen molar-refractivity contribution in [2.45, 2.75) is 89.6 Å². The van der Waals surface area contributed by atoms with Gasteiger partial charge in [0.1, 0.15) is 11.1 Å². The zero-order valence-electron chi connectivity index (χ0n) is 24.3. The second-order valence-electron chi connectivity index (χ2n) is 12.0. The van der Waals surface area contributed by atoms with Crippen LogP contribution in [0.15, 0.2) is 48.5 Å². The summed E-state index contributed by atoms with van der Waals surface area (Å²) in [7, 11) is 0. The lowest BCUT2D eigenvalue weighted by Crippen LogP contribution is -2.59. The van der Waals surface area contributed by atoms with E-state index < -0.39 is 58.8 Å². The van der Waals surface area contributed by atoms with Crippen LogP contribution >= 0.6 is 0 Å². The smallest absolute Gasteiger partial charge is 0.416 e. The third-order valence-corrected chi connectivity index (χ3v) is 6.87. The molecule has 1 aliphatic heterocycles. The van der Waals surface area contributed by atoms with Crippen LogP contribution in [0, 0.1) is 0 Å². The molecule has 0 saturated carbocycles. The number of ether oxygens (including phenoxy) is 2. The monoisotopic (exact) mass is 602 g/mol. The minimum absolute atomic E-state index is 0.0835. The van der Waals surface area contributed by atoms with Crippen molar-refractivity contribution in [1.29, 1.82) is 0 Å². The van der Waals surface area contributed by atoms with E-state index in [0.717, 1.165) is 5.56 Å². The summed E-state index contributed by atoms with van der Waals surface area (Å²) >= 11 is 0. The zero-order chi connectivity index (χ0) is 31.7. The maximum Gasteiger partial charge on any atom is 0.416 e. The van der Waals surface area contributed by atoms with Gasteiger partial charge in [0.25, 0.3) is 0 Å². The van der Waals surface area contributed by atoms with Gasteiger partial charge in [-0.3, -0.25) is 4.79 Å². The Hall–Kier alpha value is -3.28. The van der Waals surface area contributed by atoms with Crippen molar-refractivity contribution in [3.63, 3.8) is 0 Å². The lowest BCUT2D eigenvalue weighted by atomic mass is 9.86. The number of hydrogen-bond donors (Lipinski definition) is 1. The number of rotatable bonds is 6. The van der Waals surface area contributed by atoms with Crippen LogP contribution in [0.3, 0.4) is 0 Å².